The van der Waals surface area contributed by atoms with Crippen LogP contribution in [0.25, 0.3) is 0 Å². The second kappa shape index (κ2) is 11.7. The Morgan fingerprint density at radius 3 is 2.46 bits per heavy atom. The highest BCUT2D eigenvalue weighted by molar-refractivity contribution is 14.0. The van der Waals surface area contributed by atoms with Gasteiger partial charge >= 0.3 is 0 Å². The van der Waals surface area contributed by atoms with Crippen molar-refractivity contribution in [2.75, 3.05) is 26.7 Å². The van der Waals surface area contributed by atoms with Crippen LogP contribution in [-0.4, -0.2) is 53.4 Å². The van der Waals surface area contributed by atoms with Crippen molar-refractivity contribution in [3.63, 3.8) is 0 Å². The van der Waals surface area contributed by atoms with Crippen LogP contribution in [-0.2, 0) is 13.6 Å². The zero-order valence-electron chi connectivity index (χ0n) is 16.3. The van der Waals surface area contributed by atoms with E-state index in [0.29, 0.717) is 12.6 Å². The van der Waals surface area contributed by atoms with E-state index in [1.165, 1.54) is 17.7 Å². The van der Waals surface area contributed by atoms with Crippen LogP contribution in [0.5, 0.6) is 0 Å². The summed E-state index contributed by atoms with van der Waals surface area (Å²) in [5, 5.41) is 11.2. The number of nitrogens with zero attached hydrogens (tertiary/aromatic N) is 4. The Morgan fingerprint density at radius 1 is 1.29 bits per heavy atom. The topological polar surface area (TPSA) is 57.5 Å². The Hall–Kier alpha value is -0.830. The van der Waals surface area contributed by atoms with Gasteiger partial charge in [0.05, 0.1) is 12.2 Å². The molecule has 1 rings (SSSR count). The van der Waals surface area contributed by atoms with Crippen molar-refractivity contribution in [1.82, 2.24) is 25.3 Å². The number of rotatable bonds is 8. The van der Waals surface area contributed by atoms with Crippen molar-refractivity contribution < 1.29 is 0 Å². The number of aliphatic imine (C=N–C) groups is 1. The molecular weight excluding hydrogens is 415 g/mol. The SMILES string of the molecule is CCNC(=NCc1c(C)nn(C)c1C)NCCN(C)C(C)CC.I. The van der Waals surface area contributed by atoms with Crippen molar-refractivity contribution in [1.29, 1.82) is 0 Å². The normalized spacial score (nSPS) is 12.9. The molecule has 1 unspecified atom stereocenters. The molecule has 1 heterocycles. The third-order valence-electron chi connectivity index (χ3n) is 4.50. The van der Waals surface area contributed by atoms with E-state index in [1.807, 2.05) is 18.7 Å². The summed E-state index contributed by atoms with van der Waals surface area (Å²) in [4.78, 5) is 7.07. The number of halogens is 1. The summed E-state index contributed by atoms with van der Waals surface area (Å²) in [5.74, 6) is 0.868. The van der Waals surface area contributed by atoms with E-state index in [4.69, 9.17) is 4.99 Å². The smallest absolute Gasteiger partial charge is 0.191 e. The lowest BCUT2D eigenvalue weighted by Crippen LogP contribution is -2.42. The molecule has 0 bridgehead atoms. The van der Waals surface area contributed by atoms with E-state index in [1.54, 1.807) is 0 Å². The average Bonchev–Trinajstić information content (AvgIpc) is 2.76. The number of aromatic nitrogens is 2. The highest BCUT2D eigenvalue weighted by atomic mass is 127. The molecule has 0 spiro atoms. The molecule has 140 valence electrons. The minimum atomic E-state index is 0. The van der Waals surface area contributed by atoms with E-state index >= 15 is 0 Å². The molecule has 0 aromatic carbocycles. The number of guanidine groups is 1. The number of hydrogen-bond acceptors (Lipinski definition) is 3. The molecular formula is C17H35IN6. The third-order valence-corrected chi connectivity index (χ3v) is 4.50. The van der Waals surface area contributed by atoms with Crippen LogP contribution in [0, 0.1) is 13.8 Å². The number of aryl methyl sites for hydroxylation is 2. The molecule has 0 saturated heterocycles. The molecule has 1 aromatic heterocycles. The Bertz CT molecular complexity index is 511. The van der Waals surface area contributed by atoms with Gasteiger partial charge in [-0.3, -0.25) is 4.68 Å². The average molecular weight is 450 g/mol. The van der Waals surface area contributed by atoms with Gasteiger partial charge in [0.2, 0.25) is 0 Å². The minimum Gasteiger partial charge on any atom is -0.357 e. The van der Waals surface area contributed by atoms with Crippen molar-refractivity contribution in [3.05, 3.63) is 17.0 Å². The monoisotopic (exact) mass is 450 g/mol. The Labute approximate surface area is 164 Å². The van der Waals surface area contributed by atoms with Gasteiger partial charge in [-0.05, 0) is 41.2 Å². The lowest BCUT2D eigenvalue weighted by molar-refractivity contribution is 0.255. The fourth-order valence-corrected chi connectivity index (χ4v) is 2.43. The largest absolute Gasteiger partial charge is 0.357 e. The zero-order chi connectivity index (χ0) is 17.4. The van der Waals surface area contributed by atoms with Crippen LogP contribution in [0.3, 0.4) is 0 Å². The van der Waals surface area contributed by atoms with Gasteiger partial charge in [-0.2, -0.15) is 5.10 Å². The van der Waals surface area contributed by atoms with Gasteiger partial charge in [0.15, 0.2) is 5.96 Å². The fourth-order valence-electron chi connectivity index (χ4n) is 2.43. The summed E-state index contributed by atoms with van der Waals surface area (Å²) in [5.41, 5.74) is 3.45. The molecule has 0 aliphatic carbocycles. The first kappa shape index (κ1) is 23.2. The summed E-state index contributed by atoms with van der Waals surface area (Å²) in [6.45, 7) is 14.1. The second-order valence-corrected chi connectivity index (χ2v) is 6.13. The fraction of sp³-hybridized carbons (Fsp3) is 0.765. The van der Waals surface area contributed by atoms with Gasteiger partial charge in [-0.1, -0.05) is 6.92 Å². The summed E-state index contributed by atoms with van der Waals surface area (Å²) in [6, 6.07) is 0.608. The van der Waals surface area contributed by atoms with E-state index < -0.39 is 0 Å². The van der Waals surface area contributed by atoms with E-state index in [2.05, 4.69) is 55.4 Å². The third kappa shape index (κ3) is 6.96. The predicted molar refractivity (Wildman–Crippen MR) is 113 cm³/mol. The first-order valence-corrected chi connectivity index (χ1v) is 8.62. The van der Waals surface area contributed by atoms with Crippen molar-refractivity contribution >= 4 is 29.9 Å². The molecule has 0 fully saturated rings. The summed E-state index contributed by atoms with van der Waals surface area (Å²) < 4.78 is 1.92. The van der Waals surface area contributed by atoms with Crippen LogP contribution < -0.4 is 10.6 Å². The van der Waals surface area contributed by atoms with Gasteiger partial charge in [-0.15, -0.1) is 24.0 Å². The minimum absolute atomic E-state index is 0. The molecule has 7 heteroatoms. The number of hydrogen-bond donors (Lipinski definition) is 2. The molecule has 0 aliphatic heterocycles. The highest BCUT2D eigenvalue weighted by Gasteiger charge is 2.09. The first-order chi connectivity index (χ1) is 10.9. The Kier molecular flexibility index (Phi) is 11.3. The molecule has 1 atom stereocenters. The molecule has 0 radical (unpaired) electrons. The lowest BCUT2D eigenvalue weighted by atomic mass is 10.2. The maximum Gasteiger partial charge on any atom is 0.191 e. The van der Waals surface area contributed by atoms with Gasteiger partial charge in [0, 0.05) is 44.0 Å². The van der Waals surface area contributed by atoms with Crippen molar-refractivity contribution in [3.8, 4) is 0 Å². The van der Waals surface area contributed by atoms with Crippen molar-refractivity contribution in [2.24, 2.45) is 12.0 Å². The van der Waals surface area contributed by atoms with Crippen LogP contribution in [0.2, 0.25) is 0 Å². The van der Waals surface area contributed by atoms with Crippen LogP contribution in [0.1, 0.15) is 44.1 Å². The Morgan fingerprint density at radius 2 is 1.96 bits per heavy atom. The van der Waals surface area contributed by atoms with E-state index in [-0.39, 0.29) is 24.0 Å². The first-order valence-electron chi connectivity index (χ1n) is 8.62. The molecule has 2 N–H and O–H groups in total. The summed E-state index contributed by atoms with van der Waals surface area (Å²) >= 11 is 0. The summed E-state index contributed by atoms with van der Waals surface area (Å²) in [7, 11) is 4.14. The van der Waals surface area contributed by atoms with Gasteiger partial charge < -0.3 is 15.5 Å². The number of nitrogens with one attached hydrogen (secondary N) is 2. The standard InChI is InChI=1S/C17H34N6.HI/c1-8-13(3)22(6)11-10-19-17(18-9-2)20-12-16-14(4)21-23(7)15(16)5;/h13H,8-12H2,1-7H3,(H2,18,19,20);1H. The highest BCUT2D eigenvalue weighted by Crippen LogP contribution is 2.12. The molecule has 6 nitrogen and oxygen atoms in total. The molecule has 0 saturated carbocycles. The van der Waals surface area contributed by atoms with Crippen LogP contribution in [0.4, 0.5) is 0 Å². The molecule has 24 heavy (non-hydrogen) atoms. The molecule has 0 amide bonds. The van der Waals surface area contributed by atoms with Crippen LogP contribution >= 0.6 is 24.0 Å². The predicted octanol–water partition coefficient (Wildman–Crippen LogP) is 2.44. The molecule has 0 aliphatic rings. The second-order valence-electron chi connectivity index (χ2n) is 6.13. The van der Waals surface area contributed by atoms with Gasteiger partial charge in [0.1, 0.15) is 0 Å². The zero-order valence-corrected chi connectivity index (χ0v) is 18.6. The van der Waals surface area contributed by atoms with Gasteiger partial charge in [-0.25, -0.2) is 4.99 Å². The van der Waals surface area contributed by atoms with Crippen LogP contribution in [0.15, 0.2) is 4.99 Å². The summed E-state index contributed by atoms with van der Waals surface area (Å²) in [6.07, 6.45) is 1.17. The quantitative estimate of drug-likeness (QED) is 0.363. The van der Waals surface area contributed by atoms with E-state index in [9.17, 15) is 0 Å². The lowest BCUT2D eigenvalue weighted by Gasteiger charge is -2.24. The Balaban J connectivity index is 0.00000529. The van der Waals surface area contributed by atoms with Crippen molar-refractivity contribution in [2.45, 2.75) is 53.6 Å². The van der Waals surface area contributed by atoms with Gasteiger partial charge in [0.25, 0.3) is 0 Å². The maximum absolute atomic E-state index is 4.70. The number of likely N-dealkylation sites (N-methyl/N-ethyl adjacent to an activating group) is 1. The molecule has 1 aromatic rings. The maximum atomic E-state index is 4.70. The van der Waals surface area contributed by atoms with E-state index in [0.717, 1.165) is 31.3 Å².